The van der Waals surface area contributed by atoms with Gasteiger partial charge in [-0.15, -0.1) is 0 Å². The Bertz CT molecular complexity index is 728. The Hall–Kier alpha value is -2.17. The van der Waals surface area contributed by atoms with Crippen molar-refractivity contribution in [2.24, 2.45) is 0 Å². The van der Waals surface area contributed by atoms with Crippen LogP contribution in [-0.2, 0) is 0 Å². The molecule has 3 nitrogen and oxygen atoms in total. The van der Waals surface area contributed by atoms with E-state index >= 15 is 0 Å². The van der Waals surface area contributed by atoms with Crippen molar-refractivity contribution in [3.8, 4) is 11.1 Å². The number of pyridine rings is 1. The van der Waals surface area contributed by atoms with Gasteiger partial charge >= 0.3 is 7.12 Å². The molecule has 3 aromatic rings. The second kappa shape index (κ2) is 4.84. The van der Waals surface area contributed by atoms with Crippen molar-refractivity contribution >= 4 is 23.4 Å². The third-order valence-electron chi connectivity index (χ3n) is 3.19. The van der Waals surface area contributed by atoms with E-state index in [1.165, 1.54) is 6.20 Å². The van der Waals surface area contributed by atoms with Crippen molar-refractivity contribution in [2.75, 3.05) is 0 Å². The van der Waals surface area contributed by atoms with Crippen LogP contribution < -0.4 is 5.46 Å². The highest BCUT2D eigenvalue weighted by atomic mass is 16.4. The third-order valence-corrected chi connectivity index (χ3v) is 3.19. The van der Waals surface area contributed by atoms with Crippen molar-refractivity contribution in [3.05, 3.63) is 60.9 Å². The summed E-state index contributed by atoms with van der Waals surface area (Å²) in [6.07, 6.45) is 3.13. The Morgan fingerprint density at radius 1 is 0.895 bits per heavy atom. The number of benzene rings is 2. The van der Waals surface area contributed by atoms with E-state index in [0.29, 0.717) is 5.46 Å². The van der Waals surface area contributed by atoms with Crippen LogP contribution in [-0.4, -0.2) is 22.2 Å². The molecule has 0 saturated carbocycles. The molecule has 92 valence electrons. The van der Waals surface area contributed by atoms with Crippen LogP contribution in [0.3, 0.4) is 0 Å². The van der Waals surface area contributed by atoms with Crippen molar-refractivity contribution in [1.82, 2.24) is 4.98 Å². The van der Waals surface area contributed by atoms with Gasteiger partial charge < -0.3 is 10.0 Å². The zero-order chi connectivity index (χ0) is 13.2. The van der Waals surface area contributed by atoms with Gasteiger partial charge in [-0.25, -0.2) is 0 Å². The minimum atomic E-state index is -1.52. The average molecular weight is 249 g/mol. The van der Waals surface area contributed by atoms with Crippen LogP contribution in [0.25, 0.3) is 21.9 Å². The summed E-state index contributed by atoms with van der Waals surface area (Å²) in [6.45, 7) is 0. The molecule has 0 radical (unpaired) electrons. The van der Waals surface area contributed by atoms with Gasteiger partial charge in [0.1, 0.15) is 0 Å². The van der Waals surface area contributed by atoms with E-state index in [1.54, 1.807) is 12.3 Å². The summed E-state index contributed by atoms with van der Waals surface area (Å²) in [5.74, 6) is 0. The largest absolute Gasteiger partial charge is 0.490 e. The monoisotopic (exact) mass is 249 g/mol. The lowest BCUT2D eigenvalue weighted by Gasteiger charge is -2.09. The molecule has 4 heteroatoms. The normalized spacial score (nSPS) is 10.6. The number of hydrogen-bond acceptors (Lipinski definition) is 3. The van der Waals surface area contributed by atoms with E-state index in [4.69, 9.17) is 0 Å². The SMILES string of the molecule is OB(O)c1cnccc1-c1ccc2ccccc2c1. The smallest absolute Gasteiger partial charge is 0.423 e. The summed E-state index contributed by atoms with van der Waals surface area (Å²) in [5.41, 5.74) is 2.15. The third kappa shape index (κ3) is 2.23. The van der Waals surface area contributed by atoms with Crippen LogP contribution in [0.1, 0.15) is 0 Å². The van der Waals surface area contributed by atoms with Gasteiger partial charge in [0.05, 0.1) is 0 Å². The fourth-order valence-electron chi connectivity index (χ4n) is 2.23. The van der Waals surface area contributed by atoms with Gasteiger partial charge in [-0.2, -0.15) is 0 Å². The van der Waals surface area contributed by atoms with Crippen LogP contribution >= 0.6 is 0 Å². The highest BCUT2D eigenvalue weighted by molar-refractivity contribution is 6.60. The predicted octanol–water partition coefficient (Wildman–Crippen LogP) is 1.58. The van der Waals surface area contributed by atoms with Gasteiger partial charge in [0.2, 0.25) is 0 Å². The highest BCUT2D eigenvalue weighted by Crippen LogP contribution is 2.23. The van der Waals surface area contributed by atoms with E-state index in [1.807, 2.05) is 42.5 Å². The molecule has 0 atom stereocenters. The van der Waals surface area contributed by atoms with Gasteiger partial charge in [-0.3, -0.25) is 4.98 Å². The van der Waals surface area contributed by atoms with E-state index in [2.05, 4.69) is 4.98 Å². The summed E-state index contributed by atoms with van der Waals surface area (Å²) in [5, 5.41) is 21.1. The van der Waals surface area contributed by atoms with Crippen LogP contribution in [0.5, 0.6) is 0 Å². The standard InChI is InChI=1S/C15H12BNO2/c18-16(19)15-10-17-8-7-14(15)13-6-5-11-3-1-2-4-12(11)9-13/h1-10,18-19H. The predicted molar refractivity (Wildman–Crippen MR) is 77.0 cm³/mol. The number of hydrogen-bond donors (Lipinski definition) is 2. The lowest BCUT2D eigenvalue weighted by atomic mass is 9.76. The van der Waals surface area contributed by atoms with Crippen LogP contribution in [0.15, 0.2) is 60.9 Å². The van der Waals surface area contributed by atoms with E-state index in [9.17, 15) is 10.0 Å². The van der Waals surface area contributed by atoms with Crippen LogP contribution in [0, 0.1) is 0 Å². The molecule has 0 unspecified atom stereocenters. The Kier molecular flexibility index (Phi) is 3.03. The minimum absolute atomic E-state index is 0.415. The number of nitrogens with zero attached hydrogens (tertiary/aromatic N) is 1. The molecule has 0 spiro atoms. The zero-order valence-corrected chi connectivity index (χ0v) is 10.2. The maximum Gasteiger partial charge on any atom is 0.490 e. The molecule has 1 aromatic heterocycles. The molecule has 2 aromatic carbocycles. The van der Waals surface area contributed by atoms with Gasteiger partial charge in [-0.1, -0.05) is 36.4 Å². The summed E-state index contributed by atoms with van der Waals surface area (Å²) < 4.78 is 0. The molecule has 0 aliphatic heterocycles. The van der Waals surface area contributed by atoms with Gasteiger partial charge in [0.15, 0.2) is 0 Å². The number of rotatable bonds is 2. The van der Waals surface area contributed by atoms with Gasteiger partial charge in [0.25, 0.3) is 0 Å². The molecule has 0 amide bonds. The molecule has 1 heterocycles. The first-order valence-electron chi connectivity index (χ1n) is 6.05. The molecule has 0 aliphatic carbocycles. The Labute approximate surface area is 111 Å². The van der Waals surface area contributed by atoms with E-state index in [-0.39, 0.29) is 0 Å². The summed E-state index contributed by atoms with van der Waals surface area (Å²) in [4.78, 5) is 3.93. The average Bonchev–Trinajstić information content (AvgIpc) is 2.46. The minimum Gasteiger partial charge on any atom is -0.423 e. The maximum atomic E-state index is 9.39. The van der Waals surface area contributed by atoms with Crippen molar-refractivity contribution in [1.29, 1.82) is 0 Å². The van der Waals surface area contributed by atoms with Crippen LogP contribution in [0.4, 0.5) is 0 Å². The summed E-state index contributed by atoms with van der Waals surface area (Å²) in [6, 6.07) is 15.9. The van der Waals surface area contributed by atoms with Crippen molar-refractivity contribution < 1.29 is 10.0 Å². The zero-order valence-electron chi connectivity index (χ0n) is 10.2. The molecule has 0 aliphatic rings. The fraction of sp³-hybridized carbons (Fsp3) is 0. The molecule has 3 rings (SSSR count). The summed E-state index contributed by atoms with van der Waals surface area (Å²) in [7, 11) is -1.52. The molecule has 19 heavy (non-hydrogen) atoms. The number of fused-ring (bicyclic) bond motifs is 1. The quantitative estimate of drug-likeness (QED) is 0.678. The molecule has 2 N–H and O–H groups in total. The molecule has 0 fully saturated rings. The first-order valence-corrected chi connectivity index (χ1v) is 6.05. The van der Waals surface area contributed by atoms with Gasteiger partial charge in [-0.05, 0) is 34.0 Å². The molecule has 0 bridgehead atoms. The lowest BCUT2D eigenvalue weighted by molar-refractivity contribution is 0.426. The molecular weight excluding hydrogens is 237 g/mol. The maximum absolute atomic E-state index is 9.39. The van der Waals surface area contributed by atoms with E-state index < -0.39 is 7.12 Å². The second-order valence-corrected chi connectivity index (χ2v) is 4.40. The van der Waals surface area contributed by atoms with Crippen LogP contribution in [0.2, 0.25) is 0 Å². The Morgan fingerprint density at radius 2 is 1.68 bits per heavy atom. The van der Waals surface area contributed by atoms with Crippen molar-refractivity contribution in [3.63, 3.8) is 0 Å². The number of aromatic nitrogens is 1. The molecular formula is C15H12BNO2. The Balaban J connectivity index is 2.19. The Morgan fingerprint density at radius 3 is 2.47 bits per heavy atom. The molecule has 0 saturated heterocycles. The summed E-state index contributed by atoms with van der Waals surface area (Å²) >= 11 is 0. The van der Waals surface area contributed by atoms with Crippen molar-refractivity contribution in [2.45, 2.75) is 0 Å². The van der Waals surface area contributed by atoms with E-state index in [0.717, 1.165) is 21.9 Å². The first kappa shape index (κ1) is 11.9. The highest BCUT2D eigenvalue weighted by Gasteiger charge is 2.16. The lowest BCUT2D eigenvalue weighted by Crippen LogP contribution is -2.31. The second-order valence-electron chi connectivity index (χ2n) is 4.40. The first-order chi connectivity index (χ1) is 9.25. The topological polar surface area (TPSA) is 53.4 Å². The fourth-order valence-corrected chi connectivity index (χ4v) is 2.23. The van der Waals surface area contributed by atoms with Gasteiger partial charge in [0, 0.05) is 17.9 Å².